The Labute approximate surface area is 220 Å². The van der Waals surface area contributed by atoms with E-state index in [9.17, 15) is 19.5 Å². The highest BCUT2D eigenvalue weighted by Crippen LogP contribution is 2.27. The molecule has 1 fully saturated rings. The van der Waals surface area contributed by atoms with Crippen molar-refractivity contribution in [1.29, 1.82) is 0 Å². The molecule has 1 heterocycles. The predicted molar refractivity (Wildman–Crippen MR) is 143 cm³/mol. The third kappa shape index (κ3) is 8.34. The molecule has 0 bridgehead atoms. The lowest BCUT2D eigenvalue weighted by Gasteiger charge is -2.29. The van der Waals surface area contributed by atoms with Gasteiger partial charge in [-0.15, -0.1) is 0 Å². The van der Waals surface area contributed by atoms with Crippen LogP contribution in [0.2, 0.25) is 0 Å². The summed E-state index contributed by atoms with van der Waals surface area (Å²) in [5, 5.41) is 12.7. The topological polar surface area (TPSA) is 95.9 Å². The van der Waals surface area contributed by atoms with Crippen LogP contribution < -0.4 is 10.1 Å². The highest BCUT2D eigenvalue weighted by atomic mass is 16.5. The molecular formula is C30H40N2O5. The molecule has 2 aromatic rings. The molecule has 2 amide bonds. The molecule has 1 saturated heterocycles. The Balaban J connectivity index is 1.71. The number of benzene rings is 2. The van der Waals surface area contributed by atoms with Crippen LogP contribution in [0, 0.1) is 17.8 Å². The summed E-state index contributed by atoms with van der Waals surface area (Å²) in [4.78, 5) is 40.6. The van der Waals surface area contributed by atoms with Gasteiger partial charge < -0.3 is 20.1 Å². The number of nitrogens with zero attached hydrogens (tertiary/aromatic N) is 1. The van der Waals surface area contributed by atoms with E-state index in [4.69, 9.17) is 4.74 Å². The maximum atomic E-state index is 13.5. The van der Waals surface area contributed by atoms with Crippen LogP contribution in [0.25, 0.3) is 0 Å². The number of rotatable bonds is 12. The highest BCUT2D eigenvalue weighted by Gasteiger charge is 2.36. The average molecular weight is 509 g/mol. The smallest absolute Gasteiger partial charge is 0.307 e. The van der Waals surface area contributed by atoms with Crippen LogP contribution >= 0.6 is 0 Å². The monoisotopic (exact) mass is 508 g/mol. The number of ether oxygens (including phenoxy) is 1. The molecule has 0 saturated carbocycles. The first-order valence-electron chi connectivity index (χ1n) is 13.4. The number of hydrogen-bond donors (Lipinski definition) is 2. The molecule has 3 atom stereocenters. The van der Waals surface area contributed by atoms with Gasteiger partial charge in [-0.05, 0) is 67.9 Å². The van der Waals surface area contributed by atoms with Crippen LogP contribution in [-0.2, 0) is 20.9 Å². The van der Waals surface area contributed by atoms with E-state index in [1.54, 1.807) is 4.90 Å². The molecule has 37 heavy (non-hydrogen) atoms. The molecule has 0 aromatic heterocycles. The van der Waals surface area contributed by atoms with Crippen LogP contribution in [0.4, 0.5) is 0 Å². The van der Waals surface area contributed by atoms with Gasteiger partial charge in [-0.3, -0.25) is 14.4 Å². The van der Waals surface area contributed by atoms with Crippen molar-refractivity contribution < 1.29 is 24.2 Å². The van der Waals surface area contributed by atoms with Gasteiger partial charge in [0.05, 0.1) is 11.8 Å². The second kappa shape index (κ2) is 13.8. The molecule has 3 unspecified atom stereocenters. The van der Waals surface area contributed by atoms with Gasteiger partial charge in [0.25, 0.3) is 0 Å². The van der Waals surface area contributed by atoms with E-state index >= 15 is 0 Å². The summed E-state index contributed by atoms with van der Waals surface area (Å²) in [5.74, 6) is -1.20. The lowest BCUT2D eigenvalue weighted by molar-refractivity contribution is -0.148. The number of aliphatic carboxylic acids is 1. The predicted octanol–water partition coefficient (Wildman–Crippen LogP) is 5.64. The van der Waals surface area contributed by atoms with E-state index < -0.39 is 23.8 Å². The number of amides is 2. The fourth-order valence-electron chi connectivity index (χ4n) is 5.00. The largest absolute Gasteiger partial charge is 0.481 e. The molecule has 0 radical (unpaired) electrons. The minimum Gasteiger partial charge on any atom is -0.481 e. The lowest BCUT2D eigenvalue weighted by atomic mass is 9.82. The van der Waals surface area contributed by atoms with Crippen molar-refractivity contribution in [2.24, 2.45) is 17.8 Å². The Kier molecular flexibility index (Phi) is 10.5. The van der Waals surface area contributed by atoms with Crippen LogP contribution in [0.15, 0.2) is 54.6 Å². The van der Waals surface area contributed by atoms with Gasteiger partial charge in [-0.25, -0.2) is 0 Å². The summed E-state index contributed by atoms with van der Waals surface area (Å²) in [6.07, 6.45) is 3.81. The van der Waals surface area contributed by atoms with E-state index in [2.05, 4.69) is 5.32 Å². The zero-order valence-electron chi connectivity index (χ0n) is 22.2. The number of likely N-dealkylation sites (tertiary alicyclic amines) is 1. The average Bonchev–Trinajstić information content (AvgIpc) is 3.03. The first-order valence-corrected chi connectivity index (χ1v) is 13.4. The zero-order valence-corrected chi connectivity index (χ0v) is 22.2. The Morgan fingerprint density at radius 1 is 1.05 bits per heavy atom. The maximum absolute atomic E-state index is 13.5. The quantitative estimate of drug-likeness (QED) is 0.387. The van der Waals surface area contributed by atoms with Crippen LogP contribution in [-0.4, -0.2) is 40.4 Å². The molecule has 7 nitrogen and oxygen atoms in total. The molecule has 3 rings (SSSR count). The Morgan fingerprint density at radius 2 is 1.78 bits per heavy atom. The first-order chi connectivity index (χ1) is 17.8. The standard InChI is InChI=1S/C30H40N2O5/c1-4-11-25(30(35)36)26(18-21(2)3)28(33)31-27-16-8-9-17-32(29(27)34)20-22-12-10-15-24(19-22)37-23-13-6-5-7-14-23/h5-7,10,12-15,19,21,25-27H,4,8-9,11,16-18,20H2,1-3H3,(H,31,33)(H,35,36). The van der Waals surface area contributed by atoms with Gasteiger partial charge in [-0.2, -0.15) is 0 Å². The molecule has 200 valence electrons. The summed E-state index contributed by atoms with van der Waals surface area (Å²) in [7, 11) is 0. The number of carboxylic acids is 1. The SMILES string of the molecule is CCCC(C(=O)O)C(CC(C)C)C(=O)NC1CCCCN(Cc2cccc(Oc3ccccc3)c2)C1=O. The summed E-state index contributed by atoms with van der Waals surface area (Å²) in [5.41, 5.74) is 0.945. The van der Waals surface area contributed by atoms with Crippen molar-refractivity contribution in [1.82, 2.24) is 10.2 Å². The van der Waals surface area contributed by atoms with E-state index in [-0.39, 0.29) is 17.7 Å². The molecule has 1 aliphatic heterocycles. The van der Waals surface area contributed by atoms with Crippen molar-refractivity contribution in [2.75, 3.05) is 6.54 Å². The van der Waals surface area contributed by atoms with Crippen molar-refractivity contribution in [3.8, 4) is 11.5 Å². The summed E-state index contributed by atoms with van der Waals surface area (Å²) >= 11 is 0. The fraction of sp³-hybridized carbons (Fsp3) is 0.500. The minimum absolute atomic E-state index is 0.120. The molecule has 7 heteroatoms. The van der Waals surface area contributed by atoms with E-state index in [0.29, 0.717) is 44.5 Å². The molecular weight excluding hydrogens is 468 g/mol. The van der Waals surface area contributed by atoms with E-state index in [0.717, 1.165) is 24.2 Å². The van der Waals surface area contributed by atoms with E-state index in [1.165, 1.54) is 0 Å². The third-order valence-electron chi connectivity index (χ3n) is 6.81. The van der Waals surface area contributed by atoms with Crippen molar-refractivity contribution in [2.45, 2.75) is 71.9 Å². The fourth-order valence-corrected chi connectivity index (χ4v) is 5.00. The normalized spacial score (nSPS) is 17.7. The Morgan fingerprint density at radius 3 is 2.46 bits per heavy atom. The summed E-state index contributed by atoms with van der Waals surface area (Å²) in [6, 6.07) is 16.6. The van der Waals surface area contributed by atoms with Gasteiger partial charge in [0, 0.05) is 13.1 Å². The van der Waals surface area contributed by atoms with Gasteiger partial charge in [0.15, 0.2) is 0 Å². The number of carbonyl (C=O) groups is 3. The number of hydrogen-bond acceptors (Lipinski definition) is 4. The maximum Gasteiger partial charge on any atom is 0.307 e. The number of carboxylic acid groups (broad SMARTS) is 1. The van der Waals surface area contributed by atoms with Crippen LogP contribution in [0.5, 0.6) is 11.5 Å². The second-order valence-electron chi connectivity index (χ2n) is 10.3. The lowest BCUT2D eigenvalue weighted by Crippen LogP contribution is -2.50. The molecule has 0 spiro atoms. The first kappa shape index (κ1) is 28.2. The van der Waals surface area contributed by atoms with Crippen LogP contribution in [0.3, 0.4) is 0 Å². The van der Waals surface area contributed by atoms with Crippen molar-refractivity contribution in [3.63, 3.8) is 0 Å². The second-order valence-corrected chi connectivity index (χ2v) is 10.3. The number of nitrogens with one attached hydrogen (secondary N) is 1. The molecule has 0 aliphatic carbocycles. The van der Waals surface area contributed by atoms with Gasteiger partial charge in [0.1, 0.15) is 17.5 Å². The third-order valence-corrected chi connectivity index (χ3v) is 6.81. The zero-order chi connectivity index (χ0) is 26.8. The minimum atomic E-state index is -0.950. The Hall–Kier alpha value is -3.35. The van der Waals surface area contributed by atoms with Crippen molar-refractivity contribution >= 4 is 17.8 Å². The van der Waals surface area contributed by atoms with E-state index in [1.807, 2.05) is 75.4 Å². The number of para-hydroxylation sites is 1. The molecule has 2 aromatic carbocycles. The highest BCUT2D eigenvalue weighted by molar-refractivity contribution is 5.90. The Bertz CT molecular complexity index is 1040. The van der Waals surface area contributed by atoms with Crippen molar-refractivity contribution in [3.05, 3.63) is 60.2 Å². The van der Waals surface area contributed by atoms with Gasteiger partial charge in [0.2, 0.25) is 11.8 Å². The number of carbonyl (C=O) groups excluding carboxylic acids is 2. The van der Waals surface area contributed by atoms with Gasteiger partial charge in [-0.1, -0.05) is 57.5 Å². The molecule has 1 aliphatic rings. The summed E-state index contributed by atoms with van der Waals surface area (Å²) in [6.45, 7) is 6.92. The summed E-state index contributed by atoms with van der Waals surface area (Å²) < 4.78 is 5.94. The van der Waals surface area contributed by atoms with Gasteiger partial charge >= 0.3 is 5.97 Å². The van der Waals surface area contributed by atoms with Crippen LogP contribution in [0.1, 0.15) is 64.9 Å². The molecule has 2 N–H and O–H groups in total.